The van der Waals surface area contributed by atoms with Gasteiger partial charge in [0.25, 0.3) is 5.91 Å². The third kappa shape index (κ3) is 2.60. The van der Waals surface area contributed by atoms with Crippen molar-refractivity contribution in [3.8, 4) is 0 Å². The predicted molar refractivity (Wildman–Crippen MR) is 69.4 cm³/mol. The van der Waals surface area contributed by atoms with Crippen LogP contribution in [0.15, 0.2) is 12.1 Å². The van der Waals surface area contributed by atoms with Gasteiger partial charge in [-0.1, -0.05) is 0 Å². The number of aromatic carboxylic acids is 1. The summed E-state index contributed by atoms with van der Waals surface area (Å²) in [6.45, 7) is 0.525. The van der Waals surface area contributed by atoms with Crippen LogP contribution in [0.3, 0.4) is 0 Å². The van der Waals surface area contributed by atoms with Crippen molar-refractivity contribution >= 4 is 29.1 Å². The largest absolute Gasteiger partial charge is 0.477 e. The fourth-order valence-corrected chi connectivity index (χ4v) is 2.96. The van der Waals surface area contributed by atoms with E-state index in [0.29, 0.717) is 17.8 Å². The molecule has 1 fully saturated rings. The number of likely N-dealkylation sites (tertiary alicyclic amines) is 1. The van der Waals surface area contributed by atoms with Crippen LogP contribution in [-0.4, -0.2) is 47.4 Å². The summed E-state index contributed by atoms with van der Waals surface area (Å²) in [7, 11) is 1.54. The molecule has 2 amide bonds. The Morgan fingerprint density at radius 2 is 2.05 bits per heavy atom. The monoisotopic (exact) mass is 282 g/mol. The molecule has 2 heterocycles. The minimum atomic E-state index is -1.05. The standard InChI is InChI=1S/C12H14N2O4S/c1-13-10(15)7-3-2-6-14(7)11(16)8-4-5-9(19-8)12(17)18/h4-5,7H,2-3,6H2,1H3,(H,13,15)(H,17,18)/t7-/m0/s1. The summed E-state index contributed by atoms with van der Waals surface area (Å²) in [5, 5.41) is 11.4. The molecule has 1 aromatic heterocycles. The second kappa shape index (κ2) is 5.40. The lowest BCUT2D eigenvalue weighted by Crippen LogP contribution is -2.44. The van der Waals surface area contributed by atoms with E-state index in [1.165, 1.54) is 24.1 Å². The summed E-state index contributed by atoms with van der Waals surface area (Å²) < 4.78 is 0. The highest BCUT2D eigenvalue weighted by atomic mass is 32.1. The zero-order chi connectivity index (χ0) is 14.0. The maximum Gasteiger partial charge on any atom is 0.345 e. The first-order chi connectivity index (χ1) is 9.04. The van der Waals surface area contributed by atoms with E-state index in [2.05, 4.69) is 5.32 Å². The molecule has 1 atom stereocenters. The Hall–Kier alpha value is -1.89. The molecule has 1 aromatic rings. The van der Waals surface area contributed by atoms with Crippen LogP contribution >= 0.6 is 11.3 Å². The maximum absolute atomic E-state index is 12.3. The number of nitrogens with one attached hydrogen (secondary N) is 1. The number of rotatable bonds is 3. The number of hydrogen-bond donors (Lipinski definition) is 2. The summed E-state index contributed by atoms with van der Waals surface area (Å²) >= 11 is 0.935. The number of carbonyl (C=O) groups is 3. The van der Waals surface area contributed by atoms with Gasteiger partial charge in [0.05, 0.1) is 4.88 Å². The molecule has 0 aliphatic carbocycles. The quantitative estimate of drug-likeness (QED) is 0.858. The Balaban J connectivity index is 2.18. The molecule has 0 aromatic carbocycles. The third-order valence-corrected chi connectivity index (χ3v) is 4.15. The Bertz CT molecular complexity index is 526. The van der Waals surface area contributed by atoms with Gasteiger partial charge in [-0.2, -0.15) is 0 Å². The van der Waals surface area contributed by atoms with E-state index in [4.69, 9.17) is 5.11 Å². The van der Waals surface area contributed by atoms with Crippen molar-refractivity contribution in [3.05, 3.63) is 21.9 Å². The Morgan fingerprint density at radius 1 is 1.37 bits per heavy atom. The Labute approximate surface area is 114 Å². The molecule has 1 aliphatic heterocycles. The molecule has 0 unspecified atom stereocenters. The van der Waals surface area contributed by atoms with Crippen molar-refractivity contribution in [2.24, 2.45) is 0 Å². The van der Waals surface area contributed by atoms with E-state index in [9.17, 15) is 14.4 Å². The van der Waals surface area contributed by atoms with E-state index in [1.54, 1.807) is 0 Å². The van der Waals surface area contributed by atoms with Crippen molar-refractivity contribution < 1.29 is 19.5 Å². The number of nitrogens with zero attached hydrogens (tertiary/aromatic N) is 1. The molecule has 0 bridgehead atoms. The molecule has 19 heavy (non-hydrogen) atoms. The molecule has 0 radical (unpaired) electrons. The van der Waals surface area contributed by atoms with Crippen LogP contribution in [0.4, 0.5) is 0 Å². The molecule has 2 rings (SSSR count). The molecule has 1 aliphatic rings. The van der Waals surface area contributed by atoms with Crippen LogP contribution in [0.25, 0.3) is 0 Å². The predicted octanol–water partition coefficient (Wildman–Crippen LogP) is 0.797. The fourth-order valence-electron chi connectivity index (χ4n) is 2.16. The van der Waals surface area contributed by atoms with Crippen LogP contribution in [0.1, 0.15) is 32.2 Å². The van der Waals surface area contributed by atoms with E-state index in [-0.39, 0.29) is 16.7 Å². The molecule has 0 spiro atoms. The zero-order valence-electron chi connectivity index (χ0n) is 10.4. The maximum atomic E-state index is 12.3. The molecule has 102 valence electrons. The Kier molecular flexibility index (Phi) is 3.84. The molecule has 0 saturated carbocycles. The van der Waals surface area contributed by atoms with Crippen LogP contribution in [0, 0.1) is 0 Å². The number of hydrogen-bond acceptors (Lipinski definition) is 4. The van der Waals surface area contributed by atoms with Crippen LogP contribution < -0.4 is 5.32 Å². The lowest BCUT2D eigenvalue weighted by atomic mass is 10.2. The Morgan fingerprint density at radius 3 is 2.63 bits per heavy atom. The minimum absolute atomic E-state index is 0.124. The highest BCUT2D eigenvalue weighted by molar-refractivity contribution is 7.15. The van der Waals surface area contributed by atoms with Gasteiger partial charge in [0.2, 0.25) is 5.91 Å². The van der Waals surface area contributed by atoms with Crippen molar-refractivity contribution in [1.29, 1.82) is 0 Å². The molecule has 2 N–H and O–H groups in total. The molecular formula is C12H14N2O4S. The van der Waals surface area contributed by atoms with Gasteiger partial charge in [-0.05, 0) is 25.0 Å². The van der Waals surface area contributed by atoms with Crippen molar-refractivity contribution in [2.75, 3.05) is 13.6 Å². The summed E-state index contributed by atoms with van der Waals surface area (Å²) in [5.41, 5.74) is 0. The van der Waals surface area contributed by atoms with E-state index in [1.807, 2.05) is 0 Å². The number of carboxylic acid groups (broad SMARTS) is 1. The number of carboxylic acids is 1. The average Bonchev–Trinajstić information content (AvgIpc) is 3.05. The van der Waals surface area contributed by atoms with Gasteiger partial charge in [-0.25, -0.2) is 4.79 Å². The normalized spacial score (nSPS) is 18.4. The summed E-state index contributed by atoms with van der Waals surface area (Å²) in [6, 6.07) is 2.45. The highest BCUT2D eigenvalue weighted by Crippen LogP contribution is 2.24. The van der Waals surface area contributed by atoms with Crippen LogP contribution in [0.2, 0.25) is 0 Å². The van der Waals surface area contributed by atoms with E-state index < -0.39 is 12.0 Å². The number of amides is 2. The fraction of sp³-hybridized carbons (Fsp3) is 0.417. The zero-order valence-corrected chi connectivity index (χ0v) is 11.2. The summed E-state index contributed by atoms with van der Waals surface area (Å²) in [5.74, 6) is -1.50. The van der Waals surface area contributed by atoms with Crippen molar-refractivity contribution in [1.82, 2.24) is 10.2 Å². The van der Waals surface area contributed by atoms with E-state index in [0.717, 1.165) is 17.8 Å². The van der Waals surface area contributed by atoms with Gasteiger partial charge < -0.3 is 15.3 Å². The smallest absolute Gasteiger partial charge is 0.345 e. The topological polar surface area (TPSA) is 86.7 Å². The van der Waals surface area contributed by atoms with Gasteiger partial charge in [0, 0.05) is 13.6 Å². The average molecular weight is 282 g/mol. The van der Waals surface area contributed by atoms with Crippen LogP contribution in [0.5, 0.6) is 0 Å². The van der Waals surface area contributed by atoms with Crippen LogP contribution in [-0.2, 0) is 4.79 Å². The molecule has 1 saturated heterocycles. The summed E-state index contributed by atoms with van der Waals surface area (Å²) in [6.07, 6.45) is 1.42. The van der Waals surface area contributed by atoms with Gasteiger partial charge >= 0.3 is 5.97 Å². The van der Waals surface area contributed by atoms with Gasteiger partial charge in [-0.3, -0.25) is 9.59 Å². The first-order valence-electron chi connectivity index (χ1n) is 5.90. The van der Waals surface area contributed by atoms with Gasteiger partial charge in [-0.15, -0.1) is 11.3 Å². The van der Waals surface area contributed by atoms with Crippen molar-refractivity contribution in [2.45, 2.75) is 18.9 Å². The third-order valence-electron chi connectivity index (χ3n) is 3.09. The second-order valence-corrected chi connectivity index (χ2v) is 5.32. The highest BCUT2D eigenvalue weighted by Gasteiger charge is 2.34. The number of likely N-dealkylation sites (N-methyl/N-ethyl adjacent to an activating group) is 1. The van der Waals surface area contributed by atoms with Gasteiger partial charge in [0.15, 0.2) is 0 Å². The SMILES string of the molecule is CNC(=O)[C@@H]1CCCN1C(=O)c1ccc(C(=O)O)s1. The summed E-state index contributed by atoms with van der Waals surface area (Å²) in [4.78, 5) is 36.7. The molecule has 7 heteroatoms. The number of carbonyl (C=O) groups excluding carboxylic acids is 2. The molecule has 6 nitrogen and oxygen atoms in total. The van der Waals surface area contributed by atoms with Crippen molar-refractivity contribution in [3.63, 3.8) is 0 Å². The second-order valence-electron chi connectivity index (χ2n) is 4.24. The lowest BCUT2D eigenvalue weighted by Gasteiger charge is -2.22. The minimum Gasteiger partial charge on any atom is -0.477 e. The first-order valence-corrected chi connectivity index (χ1v) is 6.72. The lowest BCUT2D eigenvalue weighted by molar-refractivity contribution is -0.124. The number of thiophene rings is 1. The van der Waals surface area contributed by atoms with Gasteiger partial charge in [0.1, 0.15) is 10.9 Å². The first kappa shape index (κ1) is 13.5. The molecular weight excluding hydrogens is 268 g/mol. The van der Waals surface area contributed by atoms with E-state index >= 15 is 0 Å².